The van der Waals surface area contributed by atoms with E-state index in [0.717, 1.165) is 18.9 Å². The summed E-state index contributed by atoms with van der Waals surface area (Å²) in [5.74, 6) is 0.749. The summed E-state index contributed by atoms with van der Waals surface area (Å²) in [6, 6.07) is 1.11. The van der Waals surface area contributed by atoms with Crippen molar-refractivity contribution < 1.29 is 5.11 Å². The van der Waals surface area contributed by atoms with Crippen LogP contribution >= 0.6 is 0 Å². The summed E-state index contributed by atoms with van der Waals surface area (Å²) in [4.78, 5) is 2.58. The molecule has 1 heterocycles. The van der Waals surface area contributed by atoms with E-state index in [9.17, 15) is 5.11 Å². The lowest BCUT2D eigenvalue weighted by Gasteiger charge is -2.43. The Morgan fingerprint density at radius 2 is 1.94 bits per heavy atom. The van der Waals surface area contributed by atoms with Crippen molar-refractivity contribution in [2.75, 3.05) is 20.1 Å². The van der Waals surface area contributed by atoms with E-state index in [4.69, 9.17) is 0 Å². The minimum Gasteiger partial charge on any atom is -0.391 e. The lowest BCUT2D eigenvalue weighted by molar-refractivity contribution is 0.0124. The quantitative estimate of drug-likeness (QED) is 0.756. The molecule has 0 spiro atoms. The predicted octanol–water partition coefficient (Wildman–Crippen LogP) is 2.00. The number of likely N-dealkylation sites (tertiary alicyclic amines) is 1. The Hall–Kier alpha value is -0.120. The van der Waals surface area contributed by atoms with Gasteiger partial charge < -0.3 is 10.4 Å². The van der Waals surface area contributed by atoms with Gasteiger partial charge in [0.1, 0.15) is 0 Å². The smallest absolute Gasteiger partial charge is 0.0695 e. The molecule has 18 heavy (non-hydrogen) atoms. The van der Waals surface area contributed by atoms with E-state index in [1.165, 1.54) is 45.1 Å². The van der Waals surface area contributed by atoms with Crippen molar-refractivity contribution in [3.63, 3.8) is 0 Å². The Balaban J connectivity index is 1.96. The van der Waals surface area contributed by atoms with Gasteiger partial charge in [0.15, 0.2) is 0 Å². The average Bonchev–Trinajstić information content (AvgIpc) is 2.62. The second-order valence-electron chi connectivity index (χ2n) is 6.12. The maximum atomic E-state index is 10.3. The molecule has 0 aromatic rings. The number of nitrogens with one attached hydrogen (secondary N) is 1. The van der Waals surface area contributed by atoms with Gasteiger partial charge in [-0.2, -0.15) is 0 Å². The van der Waals surface area contributed by atoms with Gasteiger partial charge in [-0.15, -0.1) is 0 Å². The van der Waals surface area contributed by atoms with Gasteiger partial charge in [0.2, 0.25) is 0 Å². The molecule has 1 saturated heterocycles. The van der Waals surface area contributed by atoms with Gasteiger partial charge in [-0.05, 0) is 32.2 Å². The second-order valence-corrected chi connectivity index (χ2v) is 6.12. The van der Waals surface area contributed by atoms with Crippen LogP contribution in [0.15, 0.2) is 0 Å². The monoisotopic (exact) mass is 254 g/mol. The van der Waals surface area contributed by atoms with E-state index < -0.39 is 0 Å². The topological polar surface area (TPSA) is 35.5 Å². The second kappa shape index (κ2) is 6.88. The van der Waals surface area contributed by atoms with Crippen molar-refractivity contribution in [3.8, 4) is 0 Å². The third kappa shape index (κ3) is 3.25. The minimum absolute atomic E-state index is 0.0869. The predicted molar refractivity (Wildman–Crippen MR) is 75.7 cm³/mol. The largest absolute Gasteiger partial charge is 0.391 e. The van der Waals surface area contributed by atoms with Gasteiger partial charge in [0.25, 0.3) is 0 Å². The first-order valence-electron chi connectivity index (χ1n) is 7.85. The highest BCUT2D eigenvalue weighted by atomic mass is 16.3. The highest BCUT2D eigenvalue weighted by Gasteiger charge is 2.34. The van der Waals surface area contributed by atoms with Crippen molar-refractivity contribution in [2.45, 2.75) is 70.1 Å². The molecule has 0 aromatic heterocycles. The number of rotatable bonds is 3. The average molecular weight is 254 g/mol. The molecule has 3 nitrogen and oxygen atoms in total. The molecule has 3 heteroatoms. The zero-order valence-corrected chi connectivity index (χ0v) is 12.1. The molecular weight excluding hydrogens is 224 g/mol. The summed E-state index contributed by atoms with van der Waals surface area (Å²) in [5, 5.41) is 13.8. The summed E-state index contributed by atoms with van der Waals surface area (Å²) in [7, 11) is 2.09. The fourth-order valence-corrected chi connectivity index (χ4v) is 3.85. The molecule has 1 saturated carbocycles. The van der Waals surface area contributed by atoms with Crippen molar-refractivity contribution >= 4 is 0 Å². The zero-order valence-electron chi connectivity index (χ0n) is 12.1. The van der Waals surface area contributed by atoms with Crippen LogP contribution in [0.25, 0.3) is 0 Å². The summed E-state index contributed by atoms with van der Waals surface area (Å²) in [5.41, 5.74) is 0. The van der Waals surface area contributed by atoms with E-state index in [0.29, 0.717) is 12.1 Å². The van der Waals surface area contributed by atoms with E-state index >= 15 is 0 Å². The summed E-state index contributed by atoms with van der Waals surface area (Å²) < 4.78 is 0. The molecule has 106 valence electrons. The van der Waals surface area contributed by atoms with Crippen molar-refractivity contribution in [1.82, 2.24) is 10.2 Å². The standard InChI is InChI=1S/C15H30N2O/c1-3-12-11-17(10-9-13(12)16-2)14-7-5-4-6-8-15(14)18/h12-16,18H,3-11H2,1-2H3. The van der Waals surface area contributed by atoms with E-state index in [2.05, 4.69) is 24.2 Å². The van der Waals surface area contributed by atoms with Crippen molar-refractivity contribution in [1.29, 1.82) is 0 Å². The molecule has 0 amide bonds. The van der Waals surface area contributed by atoms with Gasteiger partial charge in [-0.25, -0.2) is 0 Å². The summed E-state index contributed by atoms with van der Waals surface area (Å²) >= 11 is 0. The summed E-state index contributed by atoms with van der Waals surface area (Å²) in [6.07, 6.45) is 8.40. The van der Waals surface area contributed by atoms with E-state index in [-0.39, 0.29) is 6.10 Å². The van der Waals surface area contributed by atoms with E-state index in [1.54, 1.807) is 0 Å². The lowest BCUT2D eigenvalue weighted by atomic mass is 9.88. The van der Waals surface area contributed by atoms with Crippen LogP contribution < -0.4 is 5.32 Å². The molecule has 1 aliphatic heterocycles. The van der Waals surface area contributed by atoms with Gasteiger partial charge in [-0.3, -0.25) is 4.90 Å². The Morgan fingerprint density at radius 3 is 2.67 bits per heavy atom. The SMILES string of the molecule is CCC1CN(C2CCCCCC2O)CCC1NC. The first-order chi connectivity index (χ1) is 8.76. The number of nitrogens with zero attached hydrogens (tertiary/aromatic N) is 1. The van der Waals surface area contributed by atoms with Crippen LogP contribution in [0, 0.1) is 5.92 Å². The first kappa shape index (κ1) is 14.3. The Bertz CT molecular complexity index is 247. The molecule has 0 aromatic carbocycles. The van der Waals surface area contributed by atoms with Gasteiger partial charge >= 0.3 is 0 Å². The molecule has 4 atom stereocenters. The van der Waals surface area contributed by atoms with Crippen LogP contribution in [0.5, 0.6) is 0 Å². The van der Waals surface area contributed by atoms with Gasteiger partial charge in [0, 0.05) is 25.2 Å². The van der Waals surface area contributed by atoms with Gasteiger partial charge in [0.05, 0.1) is 6.10 Å². The molecule has 0 bridgehead atoms. The Kier molecular flexibility index (Phi) is 5.46. The molecule has 2 aliphatic rings. The molecule has 1 aliphatic carbocycles. The fourth-order valence-electron chi connectivity index (χ4n) is 3.85. The number of aliphatic hydroxyl groups excluding tert-OH is 1. The highest BCUT2D eigenvalue weighted by molar-refractivity contribution is 4.90. The van der Waals surface area contributed by atoms with Crippen molar-refractivity contribution in [3.05, 3.63) is 0 Å². The number of aliphatic hydroxyl groups is 1. The van der Waals surface area contributed by atoms with Gasteiger partial charge in [-0.1, -0.05) is 32.6 Å². The highest BCUT2D eigenvalue weighted by Crippen LogP contribution is 2.28. The van der Waals surface area contributed by atoms with Crippen LogP contribution in [-0.2, 0) is 0 Å². The maximum absolute atomic E-state index is 10.3. The number of hydrogen-bond donors (Lipinski definition) is 2. The normalized spacial score (nSPS) is 39.5. The minimum atomic E-state index is -0.0869. The number of hydrogen-bond acceptors (Lipinski definition) is 3. The van der Waals surface area contributed by atoms with Crippen LogP contribution in [-0.4, -0.2) is 48.3 Å². The van der Waals surface area contributed by atoms with Crippen LogP contribution in [0.3, 0.4) is 0 Å². The Morgan fingerprint density at radius 1 is 1.17 bits per heavy atom. The first-order valence-corrected chi connectivity index (χ1v) is 7.85. The maximum Gasteiger partial charge on any atom is 0.0695 e. The molecular formula is C15H30N2O. The molecule has 2 N–H and O–H groups in total. The summed E-state index contributed by atoms with van der Waals surface area (Å²) in [6.45, 7) is 4.62. The fraction of sp³-hybridized carbons (Fsp3) is 1.00. The molecule has 4 unspecified atom stereocenters. The third-order valence-corrected chi connectivity index (χ3v) is 5.07. The third-order valence-electron chi connectivity index (χ3n) is 5.07. The zero-order chi connectivity index (χ0) is 13.0. The Labute approximate surface area is 112 Å². The lowest BCUT2D eigenvalue weighted by Crippen LogP contribution is -2.54. The number of piperidine rings is 1. The van der Waals surface area contributed by atoms with Crippen LogP contribution in [0.1, 0.15) is 51.9 Å². The molecule has 2 rings (SSSR count). The van der Waals surface area contributed by atoms with E-state index in [1.807, 2.05) is 0 Å². The van der Waals surface area contributed by atoms with Crippen LogP contribution in [0.2, 0.25) is 0 Å². The molecule has 0 radical (unpaired) electrons. The van der Waals surface area contributed by atoms with Crippen molar-refractivity contribution in [2.24, 2.45) is 5.92 Å². The molecule has 2 fully saturated rings. The van der Waals surface area contributed by atoms with Crippen LogP contribution in [0.4, 0.5) is 0 Å².